The van der Waals surface area contributed by atoms with E-state index in [0.717, 1.165) is 35.7 Å². The molecule has 13 heteroatoms. The van der Waals surface area contributed by atoms with Crippen molar-refractivity contribution < 1.29 is 45.0 Å². The molecule has 4 aromatic carbocycles. The summed E-state index contributed by atoms with van der Waals surface area (Å²) in [6.45, 7) is -0.366. The van der Waals surface area contributed by atoms with Crippen LogP contribution in [0.15, 0.2) is 83.8 Å². The second-order valence-electron chi connectivity index (χ2n) is 9.69. The molecule has 1 amide bonds. The third-order valence-electron chi connectivity index (χ3n) is 6.96. The third-order valence-corrected chi connectivity index (χ3v) is 8.79. The summed E-state index contributed by atoms with van der Waals surface area (Å²) in [7, 11) is -3.31. The molecule has 5 rings (SSSR count). The number of rotatable bonds is 9. The van der Waals surface area contributed by atoms with Crippen molar-refractivity contribution in [1.82, 2.24) is 5.32 Å². The van der Waals surface area contributed by atoms with Gasteiger partial charge in [-0.25, -0.2) is 30.8 Å². The number of esters is 1. The van der Waals surface area contributed by atoms with Crippen LogP contribution in [-0.2, 0) is 26.0 Å². The molecular weight excluding hydrogens is 604 g/mol. The lowest BCUT2D eigenvalue weighted by atomic mass is 10.1. The van der Waals surface area contributed by atoms with Crippen molar-refractivity contribution in [2.75, 3.05) is 24.6 Å². The first-order chi connectivity index (χ1) is 21.0. The Bertz CT molecular complexity index is 1830. The molecule has 1 N–H and O–H groups in total. The van der Waals surface area contributed by atoms with Gasteiger partial charge in [-0.2, -0.15) is 0 Å². The third kappa shape index (κ3) is 5.95. The Morgan fingerprint density at radius 2 is 1.59 bits per heavy atom. The number of carbonyl (C=O) groups excluding carboxylic acids is 2. The Morgan fingerprint density at radius 3 is 2.25 bits per heavy atom. The first-order valence-corrected chi connectivity index (χ1v) is 14.6. The quantitative estimate of drug-likeness (QED) is 0.159. The molecule has 228 valence electrons. The van der Waals surface area contributed by atoms with Gasteiger partial charge in [-0.05, 0) is 41.5 Å². The molecule has 0 unspecified atom stereocenters. The Balaban J connectivity index is 1.31. The van der Waals surface area contributed by atoms with Crippen LogP contribution >= 0.6 is 0 Å². The number of anilines is 1. The van der Waals surface area contributed by atoms with Crippen molar-refractivity contribution in [3.05, 3.63) is 113 Å². The van der Waals surface area contributed by atoms with Gasteiger partial charge in [0.25, 0.3) is 10.0 Å². The van der Waals surface area contributed by atoms with E-state index in [4.69, 9.17) is 4.74 Å². The zero-order valence-electron chi connectivity index (χ0n) is 23.0. The normalized spacial score (nSPS) is 14.2. The summed E-state index contributed by atoms with van der Waals surface area (Å²) in [5.74, 6) is -5.98. The van der Waals surface area contributed by atoms with Crippen LogP contribution in [0.25, 0.3) is 11.1 Å². The van der Waals surface area contributed by atoms with E-state index >= 15 is 0 Å². The fraction of sp³-hybridized carbons (Fsp3) is 0.161. The highest BCUT2D eigenvalue weighted by Gasteiger charge is 2.42. The van der Waals surface area contributed by atoms with E-state index in [1.807, 2.05) is 0 Å². The second-order valence-corrected chi connectivity index (χ2v) is 11.5. The standard InChI is InChI=1S/C31H24F4N2O6S/c1-42-31(39)29-25(34)16-21(17-26(29)35)43-13-12-36-30(38)28-14-19-4-2-3-5-27(19)37(28)44(40,41)22-9-6-18(7-10-22)23-11-8-20(32)15-24(23)33/h2-11,15-17,28H,12-14H2,1H3,(H,36,38)/t28-/m0/s1. The lowest BCUT2D eigenvalue weighted by molar-refractivity contribution is -0.122. The van der Waals surface area contributed by atoms with Crippen LogP contribution in [0.5, 0.6) is 5.75 Å². The van der Waals surface area contributed by atoms with Gasteiger partial charge in [-0.1, -0.05) is 30.3 Å². The van der Waals surface area contributed by atoms with Crippen LogP contribution < -0.4 is 14.4 Å². The van der Waals surface area contributed by atoms with Gasteiger partial charge in [0.15, 0.2) is 0 Å². The fourth-order valence-electron chi connectivity index (χ4n) is 4.89. The van der Waals surface area contributed by atoms with Crippen molar-refractivity contribution in [3.63, 3.8) is 0 Å². The van der Waals surface area contributed by atoms with Gasteiger partial charge in [-0.3, -0.25) is 9.10 Å². The highest BCUT2D eigenvalue weighted by molar-refractivity contribution is 7.93. The molecule has 0 spiro atoms. The summed E-state index contributed by atoms with van der Waals surface area (Å²) in [6, 6.07) is 15.5. The molecular formula is C31H24F4N2O6S. The Hall–Kier alpha value is -4.91. The number of hydrogen-bond acceptors (Lipinski definition) is 6. The van der Waals surface area contributed by atoms with Gasteiger partial charge in [0.2, 0.25) is 5.91 Å². The molecule has 1 aliphatic heterocycles. The summed E-state index contributed by atoms with van der Waals surface area (Å²) in [6.07, 6.45) is 0.0758. The number of amides is 1. The van der Waals surface area contributed by atoms with Crippen LogP contribution in [0, 0.1) is 23.3 Å². The van der Waals surface area contributed by atoms with Crippen molar-refractivity contribution in [1.29, 1.82) is 0 Å². The van der Waals surface area contributed by atoms with Crippen LogP contribution in [0.2, 0.25) is 0 Å². The van der Waals surface area contributed by atoms with E-state index in [1.165, 1.54) is 30.3 Å². The first-order valence-electron chi connectivity index (χ1n) is 13.2. The zero-order chi connectivity index (χ0) is 31.6. The maximum atomic E-state index is 14.3. The molecule has 8 nitrogen and oxygen atoms in total. The van der Waals surface area contributed by atoms with E-state index in [1.54, 1.807) is 24.3 Å². The number of nitrogens with one attached hydrogen (secondary N) is 1. The number of nitrogens with zero attached hydrogens (tertiary/aromatic N) is 1. The highest BCUT2D eigenvalue weighted by Crippen LogP contribution is 2.37. The Kier molecular flexibility index (Phi) is 8.59. The number of methoxy groups -OCH3 is 1. The molecule has 0 bridgehead atoms. The van der Waals surface area contributed by atoms with Gasteiger partial charge >= 0.3 is 5.97 Å². The molecule has 44 heavy (non-hydrogen) atoms. The van der Waals surface area contributed by atoms with E-state index in [2.05, 4.69) is 10.1 Å². The van der Waals surface area contributed by atoms with Gasteiger partial charge in [0.05, 0.1) is 24.2 Å². The topological polar surface area (TPSA) is 102 Å². The molecule has 0 saturated heterocycles. The van der Waals surface area contributed by atoms with Crippen molar-refractivity contribution in [3.8, 4) is 16.9 Å². The minimum atomic E-state index is -4.29. The number of sulfonamides is 1. The lowest BCUT2D eigenvalue weighted by Crippen LogP contribution is -2.48. The number of para-hydroxylation sites is 1. The van der Waals surface area contributed by atoms with Crippen LogP contribution in [0.1, 0.15) is 15.9 Å². The van der Waals surface area contributed by atoms with Crippen molar-refractivity contribution in [2.24, 2.45) is 0 Å². The summed E-state index contributed by atoms with van der Waals surface area (Å²) >= 11 is 0. The molecule has 0 saturated carbocycles. The minimum absolute atomic E-state index is 0.0758. The van der Waals surface area contributed by atoms with Crippen molar-refractivity contribution >= 4 is 27.6 Å². The number of benzene rings is 4. The largest absolute Gasteiger partial charge is 0.492 e. The molecule has 1 heterocycles. The Morgan fingerprint density at radius 1 is 0.909 bits per heavy atom. The molecule has 0 aliphatic carbocycles. The Labute approximate surface area is 249 Å². The summed E-state index contributed by atoms with van der Waals surface area (Å²) in [5, 5.41) is 2.59. The predicted molar refractivity (Wildman–Crippen MR) is 152 cm³/mol. The number of hydrogen-bond donors (Lipinski definition) is 1. The monoisotopic (exact) mass is 628 g/mol. The van der Waals surface area contributed by atoms with Gasteiger partial charge in [0, 0.05) is 30.2 Å². The van der Waals surface area contributed by atoms with Gasteiger partial charge < -0.3 is 14.8 Å². The molecule has 1 aliphatic rings. The van der Waals surface area contributed by atoms with E-state index < -0.39 is 56.8 Å². The molecule has 4 aromatic rings. The number of halogens is 4. The van der Waals surface area contributed by atoms with Crippen molar-refractivity contribution in [2.45, 2.75) is 17.4 Å². The van der Waals surface area contributed by atoms with Crippen LogP contribution in [-0.4, -0.2) is 46.6 Å². The van der Waals surface area contributed by atoms with E-state index in [0.29, 0.717) is 16.8 Å². The first kappa shape index (κ1) is 30.5. The molecule has 0 radical (unpaired) electrons. The number of carbonyl (C=O) groups is 2. The smallest absolute Gasteiger partial charge is 0.343 e. The van der Waals surface area contributed by atoms with Gasteiger partial charge in [0.1, 0.15) is 47.2 Å². The average molecular weight is 629 g/mol. The molecule has 0 fully saturated rings. The van der Waals surface area contributed by atoms with Crippen LogP contribution in [0.4, 0.5) is 23.2 Å². The highest BCUT2D eigenvalue weighted by atomic mass is 32.2. The SMILES string of the molecule is COC(=O)c1c(F)cc(OCCNC(=O)[C@@H]2Cc3ccccc3N2S(=O)(=O)c2ccc(-c3ccc(F)cc3F)cc2)cc1F. The predicted octanol–water partition coefficient (Wildman–Crippen LogP) is 5.01. The second kappa shape index (κ2) is 12.4. The maximum absolute atomic E-state index is 14.3. The summed E-state index contributed by atoms with van der Waals surface area (Å²) in [4.78, 5) is 24.6. The van der Waals surface area contributed by atoms with E-state index in [-0.39, 0.29) is 35.8 Å². The van der Waals surface area contributed by atoms with Crippen LogP contribution in [0.3, 0.4) is 0 Å². The minimum Gasteiger partial charge on any atom is -0.492 e. The molecule has 0 aromatic heterocycles. The summed E-state index contributed by atoms with van der Waals surface area (Å²) < 4.78 is 94.3. The zero-order valence-corrected chi connectivity index (χ0v) is 23.8. The number of ether oxygens (including phenoxy) is 2. The lowest BCUT2D eigenvalue weighted by Gasteiger charge is -2.26. The summed E-state index contributed by atoms with van der Waals surface area (Å²) in [5.41, 5.74) is 0.485. The van der Waals surface area contributed by atoms with E-state index in [9.17, 15) is 35.6 Å². The number of fused-ring (bicyclic) bond motifs is 1. The average Bonchev–Trinajstić information content (AvgIpc) is 3.40. The fourth-order valence-corrected chi connectivity index (χ4v) is 6.54. The van der Waals surface area contributed by atoms with Gasteiger partial charge in [-0.15, -0.1) is 0 Å². The molecule has 1 atom stereocenters. The maximum Gasteiger partial charge on any atom is 0.343 e.